The van der Waals surface area contributed by atoms with E-state index in [1.807, 2.05) is 0 Å². The molecule has 3 aromatic rings. The summed E-state index contributed by atoms with van der Waals surface area (Å²) >= 11 is 0. The first-order chi connectivity index (χ1) is 14.8. The zero-order chi connectivity index (χ0) is 22.4. The van der Waals surface area contributed by atoms with E-state index in [9.17, 15) is 23.6 Å². The first-order valence-corrected chi connectivity index (χ1v) is 10.3. The largest absolute Gasteiger partial charge is 0.507 e. The molecule has 0 atom stereocenters. The molecule has 0 spiro atoms. The molecule has 0 aromatic heterocycles. The summed E-state index contributed by atoms with van der Waals surface area (Å²) in [7, 11) is -2.87. The van der Waals surface area contributed by atoms with E-state index in [4.69, 9.17) is 4.74 Å². The standard InChI is InChI=1S/C20H18N4O6S/c1-30-19-9-5-3-7-16(19)23-31(28,29)20-12-15(24(26)27)10-11-17(20)22-21-13-14-6-2-4-8-18(14)25/h2-13,22-23,25H,1H3/b21-13+. The van der Waals surface area contributed by atoms with Crippen LogP contribution in [-0.4, -0.2) is 31.8 Å². The molecule has 3 rings (SSSR count). The lowest BCUT2D eigenvalue weighted by Crippen LogP contribution is -2.15. The molecule has 31 heavy (non-hydrogen) atoms. The van der Waals surface area contributed by atoms with E-state index < -0.39 is 20.6 Å². The first-order valence-electron chi connectivity index (χ1n) is 8.83. The quantitative estimate of drug-likeness (QED) is 0.275. The van der Waals surface area contributed by atoms with Gasteiger partial charge in [-0.25, -0.2) is 8.42 Å². The van der Waals surface area contributed by atoms with Crippen molar-refractivity contribution in [3.63, 3.8) is 0 Å². The van der Waals surface area contributed by atoms with Crippen LogP contribution in [0.4, 0.5) is 17.1 Å². The SMILES string of the molecule is COc1ccccc1NS(=O)(=O)c1cc([N+](=O)[O-])ccc1N/N=C/c1ccccc1O. The lowest BCUT2D eigenvalue weighted by atomic mass is 10.2. The van der Waals surface area contributed by atoms with Crippen LogP contribution in [0.2, 0.25) is 0 Å². The number of phenolic OH excluding ortho intramolecular Hbond substituents is 1. The Balaban J connectivity index is 1.98. The molecular formula is C20H18N4O6S. The second-order valence-corrected chi connectivity index (χ2v) is 7.82. The topological polar surface area (TPSA) is 143 Å². The van der Waals surface area contributed by atoms with Crippen molar-refractivity contribution in [1.29, 1.82) is 0 Å². The van der Waals surface area contributed by atoms with Crippen LogP contribution < -0.4 is 14.9 Å². The highest BCUT2D eigenvalue weighted by atomic mass is 32.2. The molecule has 3 N–H and O–H groups in total. The Hall–Kier alpha value is -4.12. The molecular weight excluding hydrogens is 424 g/mol. The van der Waals surface area contributed by atoms with E-state index in [1.165, 1.54) is 31.5 Å². The van der Waals surface area contributed by atoms with Gasteiger partial charge in [-0.15, -0.1) is 0 Å². The predicted molar refractivity (Wildman–Crippen MR) is 116 cm³/mol. The third-order valence-corrected chi connectivity index (χ3v) is 5.55. The minimum atomic E-state index is -4.26. The summed E-state index contributed by atoms with van der Waals surface area (Å²) in [5.41, 5.74) is 2.72. The van der Waals surface area contributed by atoms with Crippen LogP contribution >= 0.6 is 0 Å². The first kappa shape index (κ1) is 21.6. The van der Waals surface area contributed by atoms with Gasteiger partial charge >= 0.3 is 0 Å². The second kappa shape index (κ2) is 9.13. The number of methoxy groups -OCH3 is 1. The Morgan fingerprint density at radius 2 is 1.77 bits per heavy atom. The lowest BCUT2D eigenvalue weighted by molar-refractivity contribution is -0.385. The number of ether oxygens (including phenoxy) is 1. The van der Waals surface area contributed by atoms with Crippen molar-refractivity contribution in [2.24, 2.45) is 5.10 Å². The van der Waals surface area contributed by atoms with E-state index in [0.29, 0.717) is 5.56 Å². The normalized spacial score (nSPS) is 11.3. The average Bonchev–Trinajstić information content (AvgIpc) is 2.75. The number of hydrogen-bond acceptors (Lipinski definition) is 8. The molecule has 0 aliphatic rings. The second-order valence-electron chi connectivity index (χ2n) is 6.17. The summed E-state index contributed by atoms with van der Waals surface area (Å²) in [4.78, 5) is 10.1. The van der Waals surface area contributed by atoms with Gasteiger partial charge in [-0.05, 0) is 30.3 Å². The Kier molecular flexibility index (Phi) is 6.36. The molecule has 0 amide bonds. The molecule has 0 aliphatic carbocycles. The number of nitro groups is 1. The molecule has 160 valence electrons. The fourth-order valence-electron chi connectivity index (χ4n) is 2.64. The van der Waals surface area contributed by atoms with Crippen LogP contribution in [0.15, 0.2) is 76.7 Å². The molecule has 10 nitrogen and oxygen atoms in total. The number of rotatable bonds is 8. The number of hydrazone groups is 1. The summed E-state index contributed by atoms with van der Waals surface area (Å²) in [6.07, 6.45) is 1.29. The summed E-state index contributed by atoms with van der Waals surface area (Å²) < 4.78 is 33.6. The van der Waals surface area contributed by atoms with Gasteiger partial charge in [0.05, 0.1) is 29.6 Å². The highest BCUT2D eigenvalue weighted by Gasteiger charge is 2.23. The molecule has 0 bridgehead atoms. The van der Waals surface area contributed by atoms with E-state index in [2.05, 4.69) is 15.2 Å². The number of hydrogen-bond donors (Lipinski definition) is 3. The molecule has 0 fully saturated rings. The highest BCUT2D eigenvalue weighted by Crippen LogP contribution is 2.31. The number of phenols is 1. The van der Waals surface area contributed by atoms with Gasteiger partial charge in [0, 0.05) is 17.7 Å². The average molecular weight is 442 g/mol. The fraction of sp³-hybridized carbons (Fsp3) is 0.0500. The zero-order valence-corrected chi connectivity index (χ0v) is 17.0. The lowest BCUT2D eigenvalue weighted by Gasteiger charge is -2.14. The Morgan fingerprint density at radius 3 is 2.48 bits per heavy atom. The van der Waals surface area contributed by atoms with Gasteiger partial charge in [-0.3, -0.25) is 20.3 Å². The van der Waals surface area contributed by atoms with Gasteiger partial charge in [0.2, 0.25) is 0 Å². The predicted octanol–water partition coefficient (Wildman–Crippen LogP) is 3.56. The molecule has 0 saturated heterocycles. The van der Waals surface area contributed by atoms with Crippen molar-refractivity contribution in [2.45, 2.75) is 4.90 Å². The van der Waals surface area contributed by atoms with Crippen molar-refractivity contribution in [2.75, 3.05) is 17.3 Å². The van der Waals surface area contributed by atoms with Gasteiger partial charge in [-0.1, -0.05) is 24.3 Å². The van der Waals surface area contributed by atoms with Gasteiger partial charge in [0.1, 0.15) is 16.4 Å². The maximum absolute atomic E-state index is 13.0. The number of nitrogens with one attached hydrogen (secondary N) is 2. The van der Waals surface area contributed by atoms with E-state index in [0.717, 1.165) is 12.1 Å². The van der Waals surface area contributed by atoms with E-state index in [1.54, 1.807) is 36.4 Å². The Morgan fingerprint density at radius 1 is 1.06 bits per heavy atom. The van der Waals surface area contributed by atoms with Gasteiger partial charge in [0.15, 0.2) is 0 Å². The maximum Gasteiger partial charge on any atom is 0.270 e. The summed E-state index contributed by atoms with van der Waals surface area (Å²) in [5.74, 6) is 0.269. The minimum absolute atomic E-state index is 0.000307. The summed E-state index contributed by atoms with van der Waals surface area (Å²) in [5, 5.41) is 24.9. The number of nitro benzene ring substituents is 1. The van der Waals surface area contributed by atoms with Crippen molar-refractivity contribution in [3.05, 3.63) is 82.4 Å². The number of non-ortho nitro benzene ring substituents is 1. The van der Waals surface area contributed by atoms with Crippen LogP contribution in [0.5, 0.6) is 11.5 Å². The molecule has 3 aromatic carbocycles. The Bertz CT molecular complexity index is 1240. The zero-order valence-electron chi connectivity index (χ0n) is 16.2. The fourth-order valence-corrected chi connectivity index (χ4v) is 3.88. The van der Waals surface area contributed by atoms with E-state index in [-0.39, 0.29) is 27.8 Å². The number of nitrogens with zero attached hydrogens (tertiary/aromatic N) is 2. The monoisotopic (exact) mass is 442 g/mol. The van der Waals surface area contributed by atoms with Crippen LogP contribution in [0.25, 0.3) is 0 Å². The van der Waals surface area contributed by atoms with Crippen molar-refractivity contribution >= 4 is 33.3 Å². The Labute approximate surface area is 178 Å². The molecule has 0 heterocycles. The number of benzene rings is 3. The third kappa shape index (κ3) is 5.08. The summed E-state index contributed by atoms with van der Waals surface area (Å²) in [6.45, 7) is 0. The minimum Gasteiger partial charge on any atom is -0.507 e. The van der Waals surface area contributed by atoms with Crippen LogP contribution in [0.3, 0.4) is 0 Å². The number of para-hydroxylation sites is 3. The van der Waals surface area contributed by atoms with Gasteiger partial charge < -0.3 is 9.84 Å². The molecule has 0 aliphatic heterocycles. The number of sulfonamides is 1. The smallest absolute Gasteiger partial charge is 0.270 e. The van der Waals surface area contributed by atoms with Crippen molar-refractivity contribution in [1.82, 2.24) is 0 Å². The molecule has 0 saturated carbocycles. The van der Waals surface area contributed by atoms with Gasteiger partial charge in [0.25, 0.3) is 15.7 Å². The highest BCUT2D eigenvalue weighted by molar-refractivity contribution is 7.93. The van der Waals surface area contributed by atoms with Crippen molar-refractivity contribution < 1.29 is 23.2 Å². The van der Waals surface area contributed by atoms with Crippen LogP contribution in [0.1, 0.15) is 5.56 Å². The molecule has 0 radical (unpaired) electrons. The maximum atomic E-state index is 13.0. The summed E-state index contributed by atoms with van der Waals surface area (Å²) in [6, 6.07) is 16.1. The van der Waals surface area contributed by atoms with Crippen LogP contribution in [-0.2, 0) is 10.0 Å². The molecule has 0 unspecified atom stereocenters. The van der Waals surface area contributed by atoms with E-state index >= 15 is 0 Å². The van der Waals surface area contributed by atoms with Crippen molar-refractivity contribution in [3.8, 4) is 11.5 Å². The van der Waals surface area contributed by atoms with Crippen LogP contribution in [0, 0.1) is 10.1 Å². The third-order valence-electron chi connectivity index (χ3n) is 4.14. The number of aromatic hydroxyl groups is 1. The number of anilines is 2. The van der Waals surface area contributed by atoms with Gasteiger partial charge in [-0.2, -0.15) is 5.10 Å². The molecule has 11 heteroatoms.